The predicted molar refractivity (Wildman–Crippen MR) is 34.2 cm³/mol. The van der Waals surface area contributed by atoms with Crippen molar-refractivity contribution in [3.8, 4) is 5.75 Å². The molecule has 0 bridgehead atoms. The topological polar surface area (TPSA) is 22.1 Å². The van der Waals surface area contributed by atoms with Gasteiger partial charge in [-0.15, -0.1) is 0 Å². The Hall–Kier alpha value is -1.12. The Morgan fingerprint density at radius 2 is 2.80 bits per heavy atom. The van der Waals surface area contributed by atoms with Crippen molar-refractivity contribution >= 4 is 0 Å². The number of ether oxygens (including phenoxy) is 1. The van der Waals surface area contributed by atoms with Crippen LogP contribution in [-0.4, -0.2) is 11.6 Å². The number of rotatable bonds is 2. The van der Waals surface area contributed by atoms with Crippen LogP contribution in [-0.2, 0) is 0 Å². The molecule has 2 nitrogen and oxygen atoms in total. The minimum atomic E-state index is -2.19. The van der Waals surface area contributed by atoms with E-state index < -0.39 is 19.3 Å². The summed E-state index contributed by atoms with van der Waals surface area (Å²) in [7, 11) is 0. The summed E-state index contributed by atoms with van der Waals surface area (Å²) in [5.41, 5.74) is 0. The lowest BCUT2D eigenvalue weighted by Crippen LogP contribution is -1.92. The van der Waals surface area contributed by atoms with E-state index in [4.69, 9.17) is 8.85 Å². The van der Waals surface area contributed by atoms with Crippen molar-refractivity contribution in [2.24, 2.45) is 0 Å². The number of nitrogens with zero attached hydrogens (tertiary/aromatic N) is 1. The standard InChI is InChI=1S/C7H7FNO/c1-2-10-7-3-6(8)4-9-5-7/h4-5H,2H2,1H3/i1D3. The molecule has 0 fully saturated rings. The first-order valence-electron chi connectivity index (χ1n) is 4.13. The summed E-state index contributed by atoms with van der Waals surface area (Å²) >= 11 is 0. The van der Waals surface area contributed by atoms with Crippen LogP contribution in [0.25, 0.3) is 0 Å². The van der Waals surface area contributed by atoms with Crippen molar-refractivity contribution in [1.29, 1.82) is 0 Å². The normalized spacial score (nSPS) is 15.1. The van der Waals surface area contributed by atoms with Crippen molar-refractivity contribution in [3.63, 3.8) is 0 Å². The molecule has 1 aromatic rings. The highest BCUT2D eigenvalue weighted by Gasteiger charge is 1.94. The van der Waals surface area contributed by atoms with Gasteiger partial charge >= 0.3 is 0 Å². The Balaban J connectivity index is 2.55. The largest absolute Gasteiger partial charge is 0.491 e. The summed E-state index contributed by atoms with van der Waals surface area (Å²) in [6, 6.07) is 2.18. The third kappa shape index (κ3) is 1.69. The van der Waals surface area contributed by atoms with Crippen molar-refractivity contribution in [1.82, 2.24) is 4.98 Å². The zero-order valence-electron chi connectivity index (χ0n) is 8.10. The first kappa shape index (κ1) is 3.91. The van der Waals surface area contributed by atoms with Gasteiger partial charge in [0.25, 0.3) is 0 Å². The van der Waals surface area contributed by atoms with Crippen LogP contribution >= 0.6 is 0 Å². The number of pyridine rings is 1. The lowest BCUT2D eigenvalue weighted by molar-refractivity contribution is 0.335. The first-order chi connectivity index (χ1) is 5.97. The number of hydrogen-bond acceptors (Lipinski definition) is 2. The Kier molecular flexibility index (Phi) is 1.23. The molecule has 0 unspecified atom stereocenters. The van der Waals surface area contributed by atoms with Crippen LogP contribution in [0.2, 0.25) is 0 Å². The molecule has 53 valence electrons. The molecular weight excluding hydrogens is 133 g/mol. The molecule has 0 saturated carbocycles. The van der Waals surface area contributed by atoms with Gasteiger partial charge in [-0.05, 0) is 6.85 Å². The fourth-order valence-electron chi connectivity index (χ4n) is 0.504. The van der Waals surface area contributed by atoms with Crippen LogP contribution in [0.5, 0.6) is 5.75 Å². The summed E-state index contributed by atoms with van der Waals surface area (Å²) in [4.78, 5) is 3.47. The molecule has 0 spiro atoms. The van der Waals surface area contributed by atoms with Crippen molar-refractivity contribution in [3.05, 3.63) is 24.3 Å². The van der Waals surface area contributed by atoms with Crippen molar-refractivity contribution in [2.45, 2.75) is 6.85 Å². The van der Waals surface area contributed by atoms with Gasteiger partial charge < -0.3 is 4.74 Å². The SMILES string of the molecule is [2H]C([2H])([2H])COc1[c]c(F)cnc1. The third-order valence-corrected chi connectivity index (χ3v) is 0.850. The Bertz CT molecular complexity index is 289. The molecule has 0 amide bonds. The predicted octanol–water partition coefficient (Wildman–Crippen LogP) is 1.42. The summed E-state index contributed by atoms with van der Waals surface area (Å²) in [6.07, 6.45) is 2.16. The highest BCUT2D eigenvalue weighted by Crippen LogP contribution is 2.07. The summed E-state index contributed by atoms with van der Waals surface area (Å²) in [6.45, 7) is -2.67. The van der Waals surface area contributed by atoms with Crippen molar-refractivity contribution < 1.29 is 13.2 Å². The van der Waals surface area contributed by atoms with Crippen LogP contribution in [0.4, 0.5) is 4.39 Å². The zero-order valence-corrected chi connectivity index (χ0v) is 5.10. The van der Waals surface area contributed by atoms with E-state index in [1.54, 1.807) is 0 Å². The molecular formula is C7H7FNO. The fourth-order valence-corrected chi connectivity index (χ4v) is 0.504. The monoisotopic (exact) mass is 143 g/mol. The van der Waals surface area contributed by atoms with Crippen LogP contribution in [0.1, 0.15) is 11.0 Å². The molecule has 10 heavy (non-hydrogen) atoms. The Morgan fingerprint density at radius 1 is 1.90 bits per heavy atom. The smallest absolute Gasteiger partial charge is 0.153 e. The lowest BCUT2D eigenvalue weighted by Gasteiger charge is -1.98. The second-order valence-electron chi connectivity index (χ2n) is 1.53. The zero-order chi connectivity index (χ0) is 9.90. The van der Waals surface area contributed by atoms with Crippen LogP contribution < -0.4 is 4.74 Å². The van der Waals surface area contributed by atoms with Gasteiger partial charge in [-0.2, -0.15) is 0 Å². The molecule has 1 radical (unpaired) electrons. The molecule has 0 aliphatic heterocycles. The quantitative estimate of drug-likeness (QED) is 0.624. The summed E-state index contributed by atoms with van der Waals surface area (Å²) in [5.74, 6) is -0.681. The van der Waals surface area contributed by atoms with E-state index in [1.807, 2.05) is 0 Å². The molecule has 1 rings (SSSR count). The Morgan fingerprint density at radius 3 is 3.50 bits per heavy atom. The highest BCUT2D eigenvalue weighted by molar-refractivity contribution is 5.14. The van der Waals surface area contributed by atoms with Gasteiger partial charge in [0, 0.05) is 4.11 Å². The number of aromatic nitrogens is 1. The van der Waals surface area contributed by atoms with E-state index >= 15 is 0 Å². The maximum absolute atomic E-state index is 12.4. The van der Waals surface area contributed by atoms with Gasteiger partial charge in [0.1, 0.15) is 5.75 Å². The maximum Gasteiger partial charge on any atom is 0.153 e. The minimum Gasteiger partial charge on any atom is -0.491 e. The molecule has 1 heterocycles. The van der Waals surface area contributed by atoms with E-state index in [9.17, 15) is 4.39 Å². The molecule has 0 aliphatic carbocycles. The Labute approximate surface area is 62.9 Å². The summed E-state index contributed by atoms with van der Waals surface area (Å²) < 4.78 is 37.6. The second-order valence-corrected chi connectivity index (χ2v) is 1.53. The van der Waals surface area contributed by atoms with Crippen LogP contribution in [0, 0.1) is 11.9 Å². The van der Waals surface area contributed by atoms with Crippen LogP contribution in [0.3, 0.4) is 0 Å². The van der Waals surface area contributed by atoms with Gasteiger partial charge in [-0.25, -0.2) is 4.39 Å². The summed E-state index contributed by atoms with van der Waals surface area (Å²) in [5, 5.41) is 0. The maximum atomic E-state index is 12.4. The molecule has 0 aliphatic rings. The van der Waals surface area contributed by atoms with Gasteiger partial charge in [-0.3, -0.25) is 4.98 Å². The third-order valence-electron chi connectivity index (χ3n) is 0.850. The molecule has 0 atom stereocenters. The van der Waals surface area contributed by atoms with Crippen LogP contribution in [0.15, 0.2) is 12.4 Å². The average Bonchev–Trinajstić information content (AvgIpc) is 2.00. The van der Waals surface area contributed by atoms with Crippen molar-refractivity contribution in [2.75, 3.05) is 6.61 Å². The van der Waals surface area contributed by atoms with Gasteiger partial charge in [0.05, 0.1) is 25.1 Å². The molecule has 1 aromatic heterocycles. The van der Waals surface area contributed by atoms with E-state index in [1.165, 1.54) is 6.20 Å². The number of halogens is 1. The lowest BCUT2D eigenvalue weighted by atomic mass is 10.4. The fraction of sp³-hybridized carbons (Fsp3) is 0.286. The number of hydrogen-bond donors (Lipinski definition) is 0. The molecule has 0 N–H and O–H groups in total. The minimum absolute atomic E-state index is 0.00359. The van der Waals surface area contributed by atoms with Gasteiger partial charge in [0.15, 0.2) is 5.82 Å². The van der Waals surface area contributed by atoms with Gasteiger partial charge in [0.2, 0.25) is 0 Å². The van der Waals surface area contributed by atoms with E-state index in [-0.39, 0.29) is 5.75 Å². The molecule has 0 saturated heterocycles. The molecule has 3 heteroatoms. The average molecular weight is 143 g/mol. The highest BCUT2D eigenvalue weighted by atomic mass is 19.1. The second kappa shape index (κ2) is 3.15. The first-order valence-corrected chi connectivity index (χ1v) is 2.63. The molecule has 0 aromatic carbocycles. The van der Waals surface area contributed by atoms with E-state index in [0.717, 1.165) is 6.20 Å². The van der Waals surface area contributed by atoms with E-state index in [0.29, 0.717) is 0 Å². The van der Waals surface area contributed by atoms with Gasteiger partial charge in [-0.1, -0.05) is 0 Å². The van der Waals surface area contributed by atoms with E-state index in [2.05, 4.69) is 11.1 Å².